The summed E-state index contributed by atoms with van der Waals surface area (Å²) >= 11 is 5.94. The van der Waals surface area contributed by atoms with Crippen LogP contribution in [0.25, 0.3) is 5.78 Å². The van der Waals surface area contributed by atoms with Crippen molar-refractivity contribution in [1.82, 2.24) is 19.6 Å². The summed E-state index contributed by atoms with van der Waals surface area (Å²) in [5.41, 5.74) is 1.28. The van der Waals surface area contributed by atoms with E-state index in [0.29, 0.717) is 22.2 Å². The molecule has 7 nitrogen and oxygen atoms in total. The number of methoxy groups -OCH3 is 1. The Morgan fingerprint density at radius 2 is 2.18 bits per heavy atom. The van der Waals surface area contributed by atoms with Crippen LogP contribution in [-0.4, -0.2) is 32.6 Å². The molecule has 22 heavy (non-hydrogen) atoms. The molecule has 1 aromatic carbocycles. The average molecular weight is 318 g/mol. The predicted molar refractivity (Wildman–Crippen MR) is 81.5 cm³/mol. The maximum atomic E-state index is 12.3. The van der Waals surface area contributed by atoms with Crippen molar-refractivity contribution in [1.29, 1.82) is 0 Å². The highest BCUT2D eigenvalue weighted by molar-refractivity contribution is 6.31. The molecule has 0 saturated carbocycles. The van der Waals surface area contributed by atoms with Crippen LogP contribution in [0.4, 0.5) is 5.69 Å². The first-order valence-corrected chi connectivity index (χ1v) is 6.79. The van der Waals surface area contributed by atoms with Crippen molar-refractivity contribution >= 4 is 29.0 Å². The minimum atomic E-state index is -0.467. The molecule has 1 amide bonds. The molecule has 3 rings (SSSR count). The molecule has 0 saturated heterocycles. The van der Waals surface area contributed by atoms with E-state index in [0.717, 1.165) is 5.69 Å². The standard InChI is InChI=1S/C14H12ClN5O2/c1-8-5-6-16-14-18-12(19-20(8)14)13(21)17-10-7-9(15)3-4-11(10)22-2/h3-7H,1-2H3,(H,17,21). The minimum Gasteiger partial charge on any atom is -0.495 e. The molecule has 0 aliphatic carbocycles. The zero-order chi connectivity index (χ0) is 15.7. The summed E-state index contributed by atoms with van der Waals surface area (Å²) in [6.45, 7) is 1.85. The van der Waals surface area contributed by atoms with Gasteiger partial charge < -0.3 is 10.1 Å². The number of benzene rings is 1. The van der Waals surface area contributed by atoms with Crippen LogP contribution in [0.3, 0.4) is 0 Å². The molecule has 0 spiro atoms. The highest BCUT2D eigenvalue weighted by Crippen LogP contribution is 2.27. The van der Waals surface area contributed by atoms with E-state index in [2.05, 4.69) is 20.4 Å². The third-order valence-electron chi connectivity index (χ3n) is 3.04. The van der Waals surface area contributed by atoms with Gasteiger partial charge in [0.25, 0.3) is 11.7 Å². The largest absolute Gasteiger partial charge is 0.495 e. The van der Waals surface area contributed by atoms with Crippen molar-refractivity contribution in [2.45, 2.75) is 6.92 Å². The van der Waals surface area contributed by atoms with Gasteiger partial charge in [-0.2, -0.15) is 4.98 Å². The molecule has 3 aromatic rings. The first-order chi connectivity index (χ1) is 10.6. The van der Waals surface area contributed by atoms with E-state index in [1.54, 1.807) is 30.5 Å². The van der Waals surface area contributed by atoms with Crippen LogP contribution in [0.1, 0.15) is 16.3 Å². The first kappa shape index (κ1) is 14.3. The average Bonchev–Trinajstić information content (AvgIpc) is 2.93. The fourth-order valence-electron chi connectivity index (χ4n) is 1.96. The lowest BCUT2D eigenvalue weighted by molar-refractivity contribution is 0.101. The van der Waals surface area contributed by atoms with Crippen LogP contribution in [0.2, 0.25) is 5.02 Å². The Bertz CT molecular complexity index is 862. The summed E-state index contributed by atoms with van der Waals surface area (Å²) in [4.78, 5) is 20.5. The highest BCUT2D eigenvalue weighted by atomic mass is 35.5. The van der Waals surface area contributed by atoms with Crippen LogP contribution < -0.4 is 10.1 Å². The Kier molecular flexibility index (Phi) is 3.64. The number of carbonyl (C=O) groups excluding carboxylic acids is 1. The van der Waals surface area contributed by atoms with Gasteiger partial charge >= 0.3 is 0 Å². The number of fused-ring (bicyclic) bond motifs is 1. The maximum absolute atomic E-state index is 12.3. The van der Waals surface area contributed by atoms with E-state index in [4.69, 9.17) is 16.3 Å². The number of anilines is 1. The third kappa shape index (κ3) is 2.58. The van der Waals surface area contributed by atoms with Crippen LogP contribution in [0.5, 0.6) is 5.75 Å². The Morgan fingerprint density at radius 3 is 2.91 bits per heavy atom. The summed E-state index contributed by atoms with van der Waals surface area (Å²) < 4.78 is 6.69. The van der Waals surface area contributed by atoms with Gasteiger partial charge in [-0.1, -0.05) is 11.6 Å². The van der Waals surface area contributed by atoms with Gasteiger partial charge in [-0.25, -0.2) is 9.50 Å². The second-order valence-electron chi connectivity index (χ2n) is 4.53. The number of rotatable bonds is 3. The van der Waals surface area contributed by atoms with Crippen LogP contribution in [0.15, 0.2) is 30.5 Å². The molecule has 1 N–H and O–H groups in total. The topological polar surface area (TPSA) is 81.4 Å². The number of ether oxygens (including phenoxy) is 1. The van der Waals surface area contributed by atoms with E-state index in [9.17, 15) is 4.79 Å². The van der Waals surface area contributed by atoms with Gasteiger partial charge in [0.05, 0.1) is 12.8 Å². The lowest BCUT2D eigenvalue weighted by Crippen LogP contribution is -2.14. The van der Waals surface area contributed by atoms with Gasteiger partial charge in [-0.15, -0.1) is 5.10 Å². The molecule has 0 aliphatic rings. The molecule has 2 heterocycles. The Balaban J connectivity index is 1.93. The van der Waals surface area contributed by atoms with E-state index >= 15 is 0 Å². The highest BCUT2D eigenvalue weighted by Gasteiger charge is 2.16. The van der Waals surface area contributed by atoms with Crippen LogP contribution >= 0.6 is 11.6 Å². The second kappa shape index (κ2) is 5.61. The number of aryl methyl sites for hydroxylation is 1. The number of nitrogens with one attached hydrogen (secondary N) is 1. The number of carbonyl (C=O) groups is 1. The predicted octanol–water partition coefficient (Wildman–Crippen LogP) is 2.35. The van der Waals surface area contributed by atoms with E-state index < -0.39 is 5.91 Å². The van der Waals surface area contributed by atoms with Gasteiger partial charge in [-0.3, -0.25) is 4.79 Å². The monoisotopic (exact) mass is 317 g/mol. The normalized spacial score (nSPS) is 10.7. The Hall–Kier alpha value is -2.67. The molecule has 0 unspecified atom stereocenters. The van der Waals surface area contributed by atoms with Gasteiger partial charge in [0, 0.05) is 16.9 Å². The number of aromatic nitrogens is 4. The molecule has 0 fully saturated rings. The SMILES string of the molecule is COc1ccc(Cl)cc1NC(=O)c1nc2nccc(C)n2n1. The Labute approximate surface area is 130 Å². The number of nitrogens with zero attached hydrogens (tertiary/aromatic N) is 4. The number of hydrogen-bond acceptors (Lipinski definition) is 5. The number of amides is 1. The lowest BCUT2D eigenvalue weighted by atomic mass is 10.3. The smallest absolute Gasteiger partial charge is 0.295 e. The Morgan fingerprint density at radius 1 is 1.36 bits per heavy atom. The zero-order valence-electron chi connectivity index (χ0n) is 11.9. The van der Waals surface area contributed by atoms with E-state index in [1.807, 2.05) is 6.92 Å². The van der Waals surface area contributed by atoms with Crippen LogP contribution in [0, 0.1) is 6.92 Å². The van der Waals surface area contributed by atoms with Gasteiger partial charge in [0.1, 0.15) is 5.75 Å². The summed E-state index contributed by atoms with van der Waals surface area (Å²) in [6, 6.07) is 6.72. The van der Waals surface area contributed by atoms with Crippen molar-refractivity contribution in [3.05, 3.63) is 47.0 Å². The zero-order valence-corrected chi connectivity index (χ0v) is 12.6. The first-order valence-electron chi connectivity index (χ1n) is 6.42. The molecular formula is C14H12ClN5O2. The van der Waals surface area contributed by atoms with E-state index in [-0.39, 0.29) is 5.82 Å². The lowest BCUT2D eigenvalue weighted by Gasteiger charge is -2.08. The summed E-state index contributed by atoms with van der Waals surface area (Å²) in [7, 11) is 1.51. The van der Waals surface area contributed by atoms with Crippen molar-refractivity contribution in [2.24, 2.45) is 0 Å². The molecule has 0 bridgehead atoms. The van der Waals surface area contributed by atoms with Crippen molar-refractivity contribution in [2.75, 3.05) is 12.4 Å². The fourth-order valence-corrected chi connectivity index (χ4v) is 2.13. The van der Waals surface area contributed by atoms with Crippen LogP contribution in [-0.2, 0) is 0 Å². The molecule has 2 aromatic heterocycles. The maximum Gasteiger partial charge on any atom is 0.295 e. The molecular weight excluding hydrogens is 306 g/mol. The quantitative estimate of drug-likeness (QED) is 0.802. The minimum absolute atomic E-state index is 0.0174. The van der Waals surface area contributed by atoms with Gasteiger partial charge in [0.15, 0.2) is 0 Å². The summed E-state index contributed by atoms with van der Waals surface area (Å²) in [5.74, 6) is 0.410. The summed E-state index contributed by atoms with van der Waals surface area (Å²) in [6.07, 6.45) is 1.61. The third-order valence-corrected chi connectivity index (χ3v) is 3.28. The van der Waals surface area contributed by atoms with E-state index in [1.165, 1.54) is 11.6 Å². The molecule has 112 valence electrons. The molecule has 0 radical (unpaired) electrons. The van der Waals surface area contributed by atoms with Crippen molar-refractivity contribution in [3.63, 3.8) is 0 Å². The van der Waals surface area contributed by atoms with Crippen molar-refractivity contribution in [3.8, 4) is 5.75 Å². The fraction of sp³-hybridized carbons (Fsp3) is 0.143. The molecule has 0 atom stereocenters. The summed E-state index contributed by atoms with van der Waals surface area (Å²) in [5, 5.41) is 7.31. The molecule has 8 heteroatoms. The second-order valence-corrected chi connectivity index (χ2v) is 4.97. The number of halogens is 1. The van der Waals surface area contributed by atoms with Crippen molar-refractivity contribution < 1.29 is 9.53 Å². The van der Waals surface area contributed by atoms with Gasteiger partial charge in [0.2, 0.25) is 5.82 Å². The van der Waals surface area contributed by atoms with Gasteiger partial charge in [-0.05, 0) is 31.2 Å². The molecule has 0 aliphatic heterocycles. The number of hydrogen-bond donors (Lipinski definition) is 1.